The van der Waals surface area contributed by atoms with Crippen molar-refractivity contribution < 1.29 is 13.9 Å². The minimum atomic E-state index is -0.221. The summed E-state index contributed by atoms with van der Waals surface area (Å²) >= 11 is 0. The maximum absolute atomic E-state index is 13.0. The number of hydrogen-bond donors (Lipinski definition) is 0. The molecule has 1 aromatic rings. The average molecular weight is 301 g/mol. The Morgan fingerprint density at radius 1 is 1.32 bits per heavy atom. The first-order valence-electron chi connectivity index (χ1n) is 7.97. The van der Waals surface area contributed by atoms with Crippen molar-refractivity contribution in [1.82, 2.24) is 4.90 Å². The van der Waals surface area contributed by atoms with Crippen LogP contribution in [-0.2, 0) is 9.53 Å². The van der Waals surface area contributed by atoms with Crippen LogP contribution < -0.4 is 0 Å². The number of hydrogen-bond acceptors (Lipinski definition) is 3. The fraction of sp³-hybridized carbons (Fsp3) is 0.500. The van der Waals surface area contributed by atoms with Gasteiger partial charge in [-0.15, -0.1) is 0 Å². The van der Waals surface area contributed by atoms with Gasteiger partial charge >= 0.3 is 5.97 Å². The molecule has 0 spiro atoms. The van der Waals surface area contributed by atoms with Crippen molar-refractivity contribution in [3.8, 4) is 0 Å². The van der Waals surface area contributed by atoms with E-state index >= 15 is 0 Å². The predicted octanol–water partition coefficient (Wildman–Crippen LogP) is 2.86. The molecule has 0 N–H and O–H groups in total. The lowest BCUT2D eigenvalue weighted by Gasteiger charge is -2.50. The minimum Gasteiger partial charge on any atom is -0.469 e. The summed E-state index contributed by atoms with van der Waals surface area (Å²) in [6.45, 7) is 0.935. The first kappa shape index (κ1) is 13.9. The standard InChI is InChI=1S/C18H20FNO2/c1-22-18(21)17-15-9-14-6-7-16(17)20(14)10-12(15)8-11-2-4-13(19)5-3-11/h2-5,8,14-17H,6-7,9-10H2,1H3/b12-8+/t14-,15+,16+,17-/m0/s1. The Kier molecular flexibility index (Phi) is 3.30. The van der Waals surface area contributed by atoms with E-state index in [0.29, 0.717) is 12.1 Å². The second-order valence-corrected chi connectivity index (χ2v) is 6.63. The summed E-state index contributed by atoms with van der Waals surface area (Å²) < 4.78 is 18.1. The highest BCUT2D eigenvalue weighted by atomic mass is 19.1. The van der Waals surface area contributed by atoms with Crippen LogP contribution in [0.25, 0.3) is 6.08 Å². The average Bonchev–Trinajstić information content (AvgIpc) is 2.84. The number of piperidine rings is 3. The minimum absolute atomic E-state index is 0.0378. The summed E-state index contributed by atoms with van der Waals surface area (Å²) in [5.41, 5.74) is 2.29. The van der Waals surface area contributed by atoms with Crippen LogP contribution in [0.5, 0.6) is 0 Å². The number of carbonyl (C=O) groups excluding carboxylic acids is 1. The summed E-state index contributed by atoms with van der Waals surface area (Å²) in [4.78, 5) is 14.7. The molecule has 0 aromatic heterocycles. The van der Waals surface area contributed by atoms with E-state index < -0.39 is 0 Å². The van der Waals surface area contributed by atoms with Gasteiger partial charge in [0.15, 0.2) is 0 Å². The monoisotopic (exact) mass is 301 g/mol. The van der Waals surface area contributed by atoms with E-state index in [1.807, 2.05) is 0 Å². The highest BCUT2D eigenvalue weighted by Crippen LogP contribution is 2.50. The lowest BCUT2D eigenvalue weighted by molar-refractivity contribution is -0.153. The topological polar surface area (TPSA) is 29.5 Å². The Morgan fingerprint density at radius 2 is 2.09 bits per heavy atom. The van der Waals surface area contributed by atoms with Crippen LogP contribution in [0, 0.1) is 17.7 Å². The van der Waals surface area contributed by atoms with Crippen molar-refractivity contribution >= 4 is 12.0 Å². The van der Waals surface area contributed by atoms with Crippen molar-refractivity contribution in [2.24, 2.45) is 11.8 Å². The van der Waals surface area contributed by atoms with Crippen LogP contribution in [-0.4, -0.2) is 36.6 Å². The quantitative estimate of drug-likeness (QED) is 0.787. The molecule has 116 valence electrons. The van der Waals surface area contributed by atoms with Crippen LogP contribution in [0.4, 0.5) is 4.39 Å². The molecule has 22 heavy (non-hydrogen) atoms. The zero-order chi connectivity index (χ0) is 15.3. The fourth-order valence-electron chi connectivity index (χ4n) is 4.65. The molecule has 5 atom stereocenters. The number of fused-ring (bicyclic) bond motifs is 1. The van der Waals surface area contributed by atoms with Gasteiger partial charge in [-0.1, -0.05) is 23.8 Å². The molecular weight excluding hydrogens is 281 g/mol. The molecule has 0 aliphatic carbocycles. The number of methoxy groups -OCH3 is 1. The number of carbonyl (C=O) groups is 1. The van der Waals surface area contributed by atoms with Gasteiger partial charge in [-0.05, 0) is 42.9 Å². The van der Waals surface area contributed by atoms with Gasteiger partial charge in [0, 0.05) is 18.6 Å². The highest BCUT2D eigenvalue weighted by molar-refractivity contribution is 5.75. The maximum atomic E-state index is 13.0. The molecule has 0 amide bonds. The van der Waals surface area contributed by atoms with Crippen molar-refractivity contribution in [2.75, 3.05) is 13.7 Å². The van der Waals surface area contributed by atoms with Crippen molar-refractivity contribution in [1.29, 1.82) is 0 Å². The summed E-state index contributed by atoms with van der Waals surface area (Å²) in [5, 5.41) is 0. The fourth-order valence-corrected chi connectivity index (χ4v) is 4.65. The van der Waals surface area contributed by atoms with Gasteiger partial charge in [-0.2, -0.15) is 0 Å². The molecule has 0 saturated carbocycles. The highest BCUT2D eigenvalue weighted by Gasteiger charge is 2.55. The molecule has 0 radical (unpaired) electrons. The first-order valence-corrected chi connectivity index (χ1v) is 7.97. The first-order chi connectivity index (χ1) is 10.7. The number of halogens is 1. The summed E-state index contributed by atoms with van der Waals surface area (Å²) in [7, 11) is 1.48. The van der Waals surface area contributed by atoms with Crippen molar-refractivity contribution in [2.45, 2.75) is 31.3 Å². The number of ether oxygens (including phenoxy) is 1. The van der Waals surface area contributed by atoms with Gasteiger partial charge in [0.2, 0.25) is 0 Å². The molecule has 4 heterocycles. The molecule has 4 aliphatic rings. The third kappa shape index (κ3) is 2.09. The number of benzene rings is 1. The maximum Gasteiger partial charge on any atom is 0.310 e. The third-order valence-electron chi connectivity index (χ3n) is 5.60. The van der Waals surface area contributed by atoms with E-state index in [-0.39, 0.29) is 23.6 Å². The lowest BCUT2D eigenvalue weighted by Crippen LogP contribution is -2.58. The molecule has 5 rings (SSSR count). The Morgan fingerprint density at radius 3 is 2.82 bits per heavy atom. The van der Waals surface area contributed by atoms with Gasteiger partial charge in [-0.25, -0.2) is 4.39 Å². The van der Waals surface area contributed by atoms with Crippen LogP contribution in [0.3, 0.4) is 0 Å². The number of nitrogens with zero attached hydrogens (tertiary/aromatic N) is 1. The van der Waals surface area contributed by atoms with Gasteiger partial charge in [0.1, 0.15) is 5.82 Å². The predicted molar refractivity (Wildman–Crippen MR) is 81.5 cm³/mol. The normalized spacial score (nSPS) is 37.5. The Bertz CT molecular complexity index is 624. The van der Waals surface area contributed by atoms with Crippen LogP contribution in [0.2, 0.25) is 0 Å². The number of esters is 1. The van der Waals surface area contributed by atoms with Crippen LogP contribution in [0.15, 0.2) is 29.8 Å². The van der Waals surface area contributed by atoms with E-state index in [9.17, 15) is 9.18 Å². The summed E-state index contributed by atoms with van der Waals surface area (Å²) in [6.07, 6.45) is 5.47. The molecular formula is C18H20FNO2. The molecule has 1 unspecified atom stereocenters. The summed E-state index contributed by atoms with van der Waals surface area (Å²) in [6, 6.07) is 7.52. The van der Waals surface area contributed by atoms with Crippen molar-refractivity contribution in [3.05, 3.63) is 41.2 Å². The van der Waals surface area contributed by atoms with Crippen molar-refractivity contribution in [3.63, 3.8) is 0 Å². The zero-order valence-electron chi connectivity index (χ0n) is 12.7. The molecule has 4 saturated heterocycles. The van der Waals surface area contributed by atoms with E-state index in [0.717, 1.165) is 24.9 Å². The Labute approximate surface area is 129 Å². The smallest absolute Gasteiger partial charge is 0.310 e. The third-order valence-corrected chi connectivity index (χ3v) is 5.60. The van der Waals surface area contributed by atoms with Gasteiger partial charge in [0.05, 0.1) is 13.0 Å². The molecule has 3 nitrogen and oxygen atoms in total. The molecule has 1 aromatic carbocycles. The van der Waals surface area contributed by atoms with Gasteiger partial charge in [0.25, 0.3) is 0 Å². The molecule has 4 aliphatic heterocycles. The SMILES string of the molecule is COC(=O)[C@H]1[C@@H]2C[C@@H]3CC[C@H]1N3C/C2=C\c1ccc(F)cc1. The Hall–Kier alpha value is -1.68. The second kappa shape index (κ2) is 5.20. The molecule has 4 heteroatoms. The van der Waals surface area contributed by atoms with Crippen LogP contribution >= 0.6 is 0 Å². The molecule has 4 fully saturated rings. The summed E-state index contributed by atoms with van der Waals surface area (Å²) in [5.74, 6) is -0.0594. The second-order valence-electron chi connectivity index (χ2n) is 6.63. The van der Waals surface area contributed by atoms with E-state index in [1.54, 1.807) is 12.1 Å². The molecule has 4 bridgehead atoms. The van der Waals surface area contributed by atoms with E-state index in [2.05, 4.69) is 11.0 Å². The number of rotatable bonds is 2. The van der Waals surface area contributed by atoms with Crippen LogP contribution in [0.1, 0.15) is 24.8 Å². The largest absolute Gasteiger partial charge is 0.469 e. The lowest BCUT2D eigenvalue weighted by atomic mass is 9.71. The Balaban J connectivity index is 1.68. The van der Waals surface area contributed by atoms with Gasteiger partial charge in [-0.3, -0.25) is 9.69 Å². The van der Waals surface area contributed by atoms with E-state index in [1.165, 1.54) is 31.2 Å². The zero-order valence-corrected chi connectivity index (χ0v) is 12.7. The van der Waals surface area contributed by atoms with E-state index in [4.69, 9.17) is 4.74 Å². The van der Waals surface area contributed by atoms with Gasteiger partial charge < -0.3 is 4.74 Å².